The van der Waals surface area contributed by atoms with Crippen LogP contribution in [-0.4, -0.2) is 30.8 Å². The van der Waals surface area contributed by atoms with Crippen molar-refractivity contribution in [2.24, 2.45) is 0 Å². The third kappa shape index (κ3) is 6.33. The number of benzene rings is 4. The molecule has 0 aliphatic rings. The Hall–Kier alpha value is -3.77. The molecule has 0 bridgehead atoms. The fourth-order valence-corrected chi connectivity index (χ4v) is 8.39. The van der Waals surface area contributed by atoms with Gasteiger partial charge in [-0.3, -0.25) is 4.68 Å². The summed E-state index contributed by atoms with van der Waals surface area (Å²) in [5.41, 5.74) is 13.2. The van der Waals surface area contributed by atoms with Crippen LogP contribution in [0.15, 0.2) is 83.0 Å². The van der Waals surface area contributed by atoms with E-state index in [0.717, 1.165) is 60.4 Å². The second-order valence-corrected chi connectivity index (χ2v) is 14.9. The fraction of sp³-hybridized carbons (Fsp3) is 0.238. The molecule has 0 saturated heterocycles. The average molecular weight is 876 g/mol. The summed E-state index contributed by atoms with van der Waals surface area (Å²) in [4.78, 5) is 4.72. The number of nitrogens with zero attached hydrogens (tertiary/aromatic N) is 4. The Morgan fingerprint density at radius 2 is 1.40 bits per heavy atom. The molecule has 50 heavy (non-hydrogen) atoms. The maximum Gasteiger partial charge on any atom is 2.00 e. The van der Waals surface area contributed by atoms with Gasteiger partial charge >= 0.3 is 21.1 Å². The normalized spacial score (nSPS) is 11.4. The number of para-hydroxylation sites is 1. The number of aromatic nitrogens is 4. The van der Waals surface area contributed by atoms with Gasteiger partial charge in [-0.25, -0.2) is 4.98 Å². The molecular weight excluding hydrogens is 836 g/mol. The zero-order valence-corrected chi connectivity index (χ0v) is 33.6. The summed E-state index contributed by atoms with van der Waals surface area (Å²) in [6.07, 6.45) is 1.85. The predicted octanol–water partition coefficient (Wildman–Crippen LogP) is 11.5. The number of fused-ring (bicyclic) bond motifs is 3. The van der Waals surface area contributed by atoms with Gasteiger partial charge in [-0.15, -0.1) is 59.2 Å². The first kappa shape index (κ1) is 36.0. The van der Waals surface area contributed by atoms with Crippen LogP contribution >= 0.6 is 23.5 Å². The van der Waals surface area contributed by atoms with Crippen LogP contribution < -0.4 is 4.74 Å². The van der Waals surface area contributed by atoms with Crippen LogP contribution in [0.3, 0.4) is 0 Å². The Morgan fingerprint density at radius 3 is 2.12 bits per heavy atom. The summed E-state index contributed by atoms with van der Waals surface area (Å²) >= 11 is 3.62. The van der Waals surface area contributed by atoms with Gasteiger partial charge in [0, 0.05) is 28.8 Å². The summed E-state index contributed by atoms with van der Waals surface area (Å²) in [5, 5.41) is 9.67. The number of pyridine rings is 1. The van der Waals surface area contributed by atoms with Crippen molar-refractivity contribution in [3.05, 3.63) is 118 Å². The van der Waals surface area contributed by atoms with Gasteiger partial charge in [0.1, 0.15) is 15.9 Å². The number of thioether (sulfide) groups is 2. The van der Waals surface area contributed by atoms with Crippen molar-refractivity contribution < 1.29 is 25.8 Å². The minimum Gasteiger partial charge on any atom is -0.509 e. The average Bonchev–Trinajstić information content (AvgIpc) is 3.62. The van der Waals surface area contributed by atoms with E-state index in [0.29, 0.717) is 11.5 Å². The predicted molar refractivity (Wildman–Crippen MR) is 207 cm³/mol. The smallest absolute Gasteiger partial charge is 0.509 e. The van der Waals surface area contributed by atoms with Crippen molar-refractivity contribution in [2.45, 2.75) is 65.4 Å². The standard InChI is InChI=1S/C42H40N4OS2.Pt/c1-9-48-41-40(39-29(7)27(5)26(4)28(6)30(39)8)42(49-10-2)46(44-41)31-14-13-15-32(23-31)47-33-18-19-35-34-16-11-12-17-36(34)45(37(35)24-33)38-22-25(3)20-21-43-38;/h11-22H,9-10H2,1-8H3;/q-2;+2. The summed E-state index contributed by atoms with van der Waals surface area (Å²) in [5.74, 6) is 3.93. The number of rotatable bonds is 9. The van der Waals surface area contributed by atoms with E-state index in [1.165, 1.54) is 38.9 Å². The number of hydrogen-bond acceptors (Lipinski definition) is 5. The van der Waals surface area contributed by atoms with E-state index >= 15 is 0 Å². The van der Waals surface area contributed by atoms with Gasteiger partial charge in [0.05, 0.1) is 0 Å². The van der Waals surface area contributed by atoms with Crippen molar-refractivity contribution in [1.29, 1.82) is 0 Å². The molecule has 0 atom stereocenters. The Bertz CT molecular complexity index is 2350. The number of hydrogen-bond donors (Lipinski definition) is 0. The van der Waals surface area contributed by atoms with Crippen molar-refractivity contribution in [3.8, 4) is 34.1 Å². The van der Waals surface area contributed by atoms with Crippen LogP contribution in [0.1, 0.15) is 47.2 Å². The molecule has 0 spiro atoms. The molecule has 256 valence electrons. The molecule has 0 unspecified atom stereocenters. The molecule has 0 radical (unpaired) electrons. The van der Waals surface area contributed by atoms with Gasteiger partial charge in [-0.2, -0.15) is 17.2 Å². The van der Waals surface area contributed by atoms with Crippen LogP contribution in [-0.2, 0) is 21.1 Å². The maximum atomic E-state index is 6.51. The van der Waals surface area contributed by atoms with Gasteiger partial charge < -0.3 is 9.30 Å². The van der Waals surface area contributed by atoms with E-state index in [4.69, 9.17) is 14.8 Å². The minimum atomic E-state index is 0. The van der Waals surface area contributed by atoms with Gasteiger partial charge in [0.2, 0.25) is 0 Å². The largest absolute Gasteiger partial charge is 2.00 e. The monoisotopic (exact) mass is 875 g/mol. The van der Waals surface area contributed by atoms with Gasteiger partial charge in [-0.05, 0) is 121 Å². The first-order valence-electron chi connectivity index (χ1n) is 16.8. The third-order valence-electron chi connectivity index (χ3n) is 9.51. The van der Waals surface area contributed by atoms with E-state index in [-0.39, 0.29) is 21.1 Å². The molecule has 0 fully saturated rings. The molecule has 0 amide bonds. The molecule has 0 aliphatic carbocycles. The quantitative estimate of drug-likeness (QED) is 0.107. The molecular formula is C42H40N4OPtS2. The number of aryl methyl sites for hydroxylation is 1. The van der Waals surface area contributed by atoms with E-state index in [1.807, 2.05) is 42.2 Å². The zero-order chi connectivity index (χ0) is 34.4. The van der Waals surface area contributed by atoms with Crippen molar-refractivity contribution in [2.75, 3.05) is 11.5 Å². The first-order valence-corrected chi connectivity index (χ1v) is 18.7. The second kappa shape index (κ2) is 14.8. The summed E-state index contributed by atoms with van der Waals surface area (Å²) in [7, 11) is 0. The fourth-order valence-electron chi connectivity index (χ4n) is 6.70. The van der Waals surface area contributed by atoms with Crippen molar-refractivity contribution >= 4 is 45.3 Å². The SMILES string of the molecule is CCSc1nn(-c2[c-]c(Oc3[c-]c4c(cc3)c3ccccc3n4-c3cc(C)ccn3)ccc2)c(SCC)c1-c1c(C)c(C)c(C)c(C)c1C.[Pt+2]. The van der Waals surface area contributed by atoms with Crippen LogP contribution in [0.4, 0.5) is 0 Å². The maximum absolute atomic E-state index is 6.51. The summed E-state index contributed by atoms with van der Waals surface area (Å²) in [6, 6.07) is 29.7. The molecule has 3 heterocycles. The van der Waals surface area contributed by atoms with E-state index in [1.54, 1.807) is 11.8 Å². The van der Waals surface area contributed by atoms with Crippen molar-refractivity contribution in [1.82, 2.24) is 19.3 Å². The minimum absolute atomic E-state index is 0. The first-order chi connectivity index (χ1) is 23.7. The van der Waals surface area contributed by atoms with E-state index in [2.05, 4.69) is 119 Å². The zero-order valence-electron chi connectivity index (χ0n) is 29.7. The third-order valence-corrected chi connectivity index (χ3v) is 11.3. The van der Waals surface area contributed by atoms with Crippen LogP contribution in [0.2, 0.25) is 0 Å². The van der Waals surface area contributed by atoms with Gasteiger partial charge in [-0.1, -0.05) is 37.6 Å². The summed E-state index contributed by atoms with van der Waals surface area (Å²) < 4.78 is 10.7. The van der Waals surface area contributed by atoms with E-state index < -0.39 is 0 Å². The Balaban J connectivity index is 0.00000432. The molecule has 0 aliphatic heterocycles. The molecule has 0 N–H and O–H groups in total. The van der Waals surface area contributed by atoms with Gasteiger partial charge in [0.25, 0.3) is 0 Å². The van der Waals surface area contributed by atoms with Crippen LogP contribution in [0.25, 0.3) is 44.4 Å². The molecule has 7 aromatic rings. The Morgan fingerprint density at radius 1 is 0.700 bits per heavy atom. The molecule has 0 saturated carbocycles. The topological polar surface area (TPSA) is 44.9 Å². The second-order valence-electron chi connectivity index (χ2n) is 12.4. The van der Waals surface area contributed by atoms with Gasteiger partial charge in [0.15, 0.2) is 0 Å². The van der Waals surface area contributed by atoms with Crippen molar-refractivity contribution in [3.63, 3.8) is 0 Å². The Labute approximate surface area is 318 Å². The molecule has 3 aromatic heterocycles. The molecule has 4 aromatic carbocycles. The molecule has 8 heteroatoms. The Kier molecular flexibility index (Phi) is 10.7. The van der Waals surface area contributed by atoms with Crippen LogP contribution in [0.5, 0.6) is 11.5 Å². The number of ether oxygens (including phenoxy) is 1. The molecule has 7 rings (SSSR count). The van der Waals surface area contributed by atoms with Crippen LogP contribution in [0, 0.1) is 53.7 Å². The summed E-state index contributed by atoms with van der Waals surface area (Å²) in [6.45, 7) is 17.7. The molecule has 5 nitrogen and oxygen atoms in total. The van der Waals surface area contributed by atoms with E-state index in [9.17, 15) is 0 Å².